The number of rotatable bonds is 9. The van der Waals surface area contributed by atoms with Gasteiger partial charge in [0.1, 0.15) is 5.75 Å². The van der Waals surface area contributed by atoms with Gasteiger partial charge in [0.05, 0.1) is 7.11 Å². The molecule has 10 radical (unpaired) electrons. The van der Waals surface area contributed by atoms with Crippen molar-refractivity contribution >= 4 is 33.4 Å². The smallest absolute Gasteiger partial charge is 0.0622 e. The molecule has 5 aromatic rings. The fourth-order valence-corrected chi connectivity index (χ4v) is 7.74. The fraction of sp³-hybridized carbons (Fsp3) is 0.0909. The van der Waals surface area contributed by atoms with Gasteiger partial charge in [-0.05, 0) is 86.2 Å². The summed E-state index contributed by atoms with van der Waals surface area (Å²) in [4.78, 5) is 2.35. The molecule has 0 heterocycles. The first kappa shape index (κ1) is 42.2. The number of methoxy groups -OCH3 is 1. The van der Waals surface area contributed by atoms with E-state index in [1.54, 1.807) is 7.11 Å². The molecule has 2 saturated carbocycles. The van der Waals surface area contributed by atoms with Crippen molar-refractivity contribution in [2.45, 2.75) is 12.6 Å². The predicted octanol–water partition coefficient (Wildman–Crippen LogP) is 9.30. The van der Waals surface area contributed by atoms with Gasteiger partial charge in [0.15, 0.2) is 0 Å². The molecule has 6 heteroatoms. The summed E-state index contributed by atoms with van der Waals surface area (Å²) in [7, 11) is 7.89. The van der Waals surface area contributed by atoms with Crippen LogP contribution in [0.5, 0.6) is 5.75 Å². The fourth-order valence-electron chi connectivity index (χ4n) is 5.43. The summed E-state index contributed by atoms with van der Waals surface area (Å²) >= 11 is 2.22. The third kappa shape index (κ3) is 13.7. The Hall–Kier alpha value is -2.24. The van der Waals surface area contributed by atoms with Crippen LogP contribution in [0.4, 0.5) is 0 Å². The van der Waals surface area contributed by atoms with E-state index in [1.165, 1.54) is 33.0 Å². The Morgan fingerprint density at radius 1 is 0.620 bits per heavy atom. The summed E-state index contributed by atoms with van der Waals surface area (Å²) in [6.45, 7) is 0.864. The van der Waals surface area contributed by atoms with E-state index in [0.717, 1.165) is 12.3 Å². The first-order chi connectivity index (χ1) is 24.2. The van der Waals surface area contributed by atoms with Crippen molar-refractivity contribution in [1.82, 2.24) is 4.90 Å². The quantitative estimate of drug-likeness (QED) is 0.0835. The summed E-state index contributed by atoms with van der Waals surface area (Å²) < 4.78 is 5.23. The minimum Gasteiger partial charge on any atom is -0.0622 e. The molecule has 0 spiro atoms. The standard InChI is InChI=1S/C21H21NO.C18H15P.C5H5.ClH.Fe.Pd/c1-22(16-17-12-14-20(23-2)15-13-17)21(19-10-6-7-11-19)18-8-4-3-5-9-18;1-4-10-16(11-5-1)19(17-12-6-2-7-13-17)18-14-8-3-9-15-18;1-2-4-5-3-1;;;/h3-10,12-15,21H,16H2,1-2H3;1-15H;1-5H;1H;;/q-1;;;;2*+2/p-1. The first-order valence-corrected chi connectivity index (χ1v) is 19.3. The molecule has 0 saturated heterocycles. The van der Waals surface area contributed by atoms with E-state index in [1.807, 2.05) is 57.1 Å². The predicted molar refractivity (Wildman–Crippen MR) is 206 cm³/mol. The summed E-state index contributed by atoms with van der Waals surface area (Å²) in [5.74, 6) is 2.09. The van der Waals surface area contributed by atoms with Crippen LogP contribution in [0.25, 0.3) is 0 Å². The second kappa shape index (κ2) is 24.9. The van der Waals surface area contributed by atoms with Gasteiger partial charge in [-0.2, -0.15) is 5.92 Å². The van der Waals surface area contributed by atoms with Crippen LogP contribution in [0.2, 0.25) is 0 Å². The Kier molecular flexibility index (Phi) is 21.0. The van der Waals surface area contributed by atoms with Crippen LogP contribution in [0.1, 0.15) is 17.2 Å². The molecule has 2 aliphatic rings. The van der Waals surface area contributed by atoms with E-state index >= 15 is 0 Å². The molecule has 0 amide bonds. The molecule has 0 aromatic heterocycles. The molecular weight excluding hydrogens is 787 g/mol. The van der Waals surface area contributed by atoms with Crippen LogP contribution < -0.4 is 20.7 Å². The molecule has 1 unspecified atom stereocenters. The van der Waals surface area contributed by atoms with Crippen molar-refractivity contribution in [1.29, 1.82) is 0 Å². The summed E-state index contributed by atoms with van der Waals surface area (Å²) in [6.07, 6.45) is 19.5. The van der Waals surface area contributed by atoms with Gasteiger partial charge in [0.25, 0.3) is 0 Å². The molecule has 5 aromatic carbocycles. The Morgan fingerprint density at radius 2 is 1.04 bits per heavy atom. The Labute approximate surface area is 329 Å². The summed E-state index contributed by atoms with van der Waals surface area (Å²) in [6, 6.07) is 51.4. The van der Waals surface area contributed by atoms with Crippen molar-refractivity contribution in [3.05, 3.63) is 220 Å². The number of nitrogens with zero attached hydrogens (tertiary/aromatic N) is 1. The number of hydrogen-bond donors (Lipinski definition) is 0. The van der Waals surface area contributed by atoms with Crippen molar-refractivity contribution in [3.63, 3.8) is 0 Å². The van der Waals surface area contributed by atoms with Crippen molar-refractivity contribution < 1.29 is 40.0 Å². The van der Waals surface area contributed by atoms with E-state index < -0.39 is 7.92 Å². The minimum absolute atomic E-state index is 0. The van der Waals surface area contributed by atoms with Gasteiger partial charge in [-0.25, -0.2) is 6.42 Å². The Bertz CT molecular complexity index is 1440. The van der Waals surface area contributed by atoms with Gasteiger partial charge < -0.3 is 11.2 Å². The number of ether oxygens (including phenoxy) is 1. The molecule has 256 valence electrons. The maximum Gasteiger partial charge on any atom is 2.00 e. The zero-order valence-electron chi connectivity index (χ0n) is 28.1. The monoisotopic (exact) mass is 827 g/mol. The maximum atomic E-state index is 5.23. The van der Waals surface area contributed by atoms with Crippen molar-refractivity contribution in [3.8, 4) is 5.75 Å². The van der Waals surface area contributed by atoms with Gasteiger partial charge in [-0.3, -0.25) is 4.90 Å². The minimum atomic E-state index is -0.446. The largest absolute Gasteiger partial charge is 2.00 e. The van der Waals surface area contributed by atoms with E-state index in [9.17, 15) is 0 Å². The average Bonchev–Trinajstić information content (AvgIpc) is 3.94. The zero-order valence-corrected chi connectivity index (χ0v) is 32.4. The molecule has 2 nitrogen and oxygen atoms in total. The van der Waals surface area contributed by atoms with Gasteiger partial charge in [-0.15, -0.1) is 0 Å². The SMILES string of the molecule is COc1ccc(CN(C)C([C]2[C-][CH][CH][CH]2)c2ccccc2)cc1.[CH]1[CH][CH][CH][CH]1.[Cl][Pd+].[Fe+2].c1ccc(P(c2ccccc2)c2ccccc2)cc1. The maximum absolute atomic E-state index is 5.23. The molecular formula is C44H41ClFeNOPPd+2. The van der Waals surface area contributed by atoms with E-state index in [0.29, 0.717) is 0 Å². The van der Waals surface area contributed by atoms with Gasteiger partial charge in [0.2, 0.25) is 0 Å². The number of hydrogen-bond acceptors (Lipinski definition) is 2. The van der Waals surface area contributed by atoms with Crippen LogP contribution in [0, 0.1) is 63.7 Å². The van der Waals surface area contributed by atoms with Crippen LogP contribution >= 0.6 is 17.5 Å². The van der Waals surface area contributed by atoms with Crippen LogP contribution in [-0.2, 0) is 41.8 Å². The van der Waals surface area contributed by atoms with Gasteiger partial charge in [0, 0.05) is 12.6 Å². The molecule has 2 aliphatic carbocycles. The van der Waals surface area contributed by atoms with Crippen molar-refractivity contribution in [2.24, 2.45) is 0 Å². The number of halogens is 1. The molecule has 50 heavy (non-hydrogen) atoms. The third-order valence-corrected chi connectivity index (χ3v) is 10.1. The Morgan fingerprint density at radius 3 is 1.42 bits per heavy atom. The summed E-state index contributed by atoms with van der Waals surface area (Å²) in [5, 5.41) is 4.19. The van der Waals surface area contributed by atoms with E-state index in [4.69, 9.17) is 4.74 Å². The van der Waals surface area contributed by atoms with Crippen LogP contribution in [0.3, 0.4) is 0 Å². The van der Waals surface area contributed by atoms with Crippen LogP contribution in [0.15, 0.2) is 146 Å². The van der Waals surface area contributed by atoms with Crippen LogP contribution in [-0.4, -0.2) is 19.1 Å². The summed E-state index contributed by atoms with van der Waals surface area (Å²) in [5.41, 5.74) is 2.55. The molecule has 0 aliphatic heterocycles. The second-order valence-electron chi connectivity index (χ2n) is 11.0. The molecule has 0 bridgehead atoms. The molecule has 1 atom stereocenters. The number of benzene rings is 5. The first-order valence-electron chi connectivity index (χ1n) is 16.0. The van der Waals surface area contributed by atoms with E-state index in [2.05, 4.69) is 186 Å². The zero-order chi connectivity index (χ0) is 34.5. The molecule has 7 rings (SSSR count). The van der Waals surface area contributed by atoms with Crippen molar-refractivity contribution in [2.75, 3.05) is 14.2 Å². The normalized spacial score (nSPS) is 14.2. The second-order valence-corrected chi connectivity index (χ2v) is 13.2. The topological polar surface area (TPSA) is 12.5 Å². The molecule has 2 fully saturated rings. The van der Waals surface area contributed by atoms with Gasteiger partial charge >= 0.3 is 44.8 Å². The van der Waals surface area contributed by atoms with Gasteiger partial charge in [-0.1, -0.05) is 146 Å². The average molecular weight is 829 g/mol. The van der Waals surface area contributed by atoms with E-state index in [-0.39, 0.29) is 23.1 Å². The third-order valence-electron chi connectivity index (χ3n) is 7.66. The molecule has 0 N–H and O–H groups in total. The Balaban J connectivity index is 0.000000226.